The minimum absolute atomic E-state index is 0.154. The summed E-state index contributed by atoms with van der Waals surface area (Å²) >= 11 is -1.35. The van der Waals surface area contributed by atoms with Gasteiger partial charge in [0.25, 0.3) is 0 Å². The Labute approximate surface area is 75.6 Å². The van der Waals surface area contributed by atoms with Gasteiger partial charge < -0.3 is 0 Å². The van der Waals surface area contributed by atoms with Gasteiger partial charge in [0.1, 0.15) is 0 Å². The van der Waals surface area contributed by atoms with Crippen LogP contribution in [0.4, 0.5) is 0 Å². The molecule has 0 bridgehead atoms. The second-order valence-corrected chi connectivity index (χ2v) is 3.95. The third-order valence-corrected chi connectivity index (χ3v) is 3.81. The average molecular weight is 216 g/mol. The number of methoxy groups -OCH3 is 2. The fourth-order valence-corrected chi connectivity index (χ4v) is 1.91. The Balaban J connectivity index is 3.13. The second-order valence-electron chi connectivity index (χ2n) is 2.06. The van der Waals surface area contributed by atoms with E-state index in [1.54, 1.807) is 14.2 Å². The van der Waals surface area contributed by atoms with E-state index >= 15 is 0 Å². The van der Waals surface area contributed by atoms with Crippen molar-refractivity contribution in [2.75, 3.05) is 14.2 Å². The molecule has 2 atom stereocenters. The van der Waals surface area contributed by atoms with E-state index < -0.39 is 17.8 Å². The molecular weight excluding hydrogens is 201 g/mol. The fraction of sp³-hybridized carbons (Fsp3) is 1.00. The van der Waals surface area contributed by atoms with Gasteiger partial charge in [0.15, 0.2) is 0 Å². The van der Waals surface area contributed by atoms with E-state index in [4.69, 9.17) is 16.6 Å². The van der Waals surface area contributed by atoms with Crippen molar-refractivity contribution >= 4 is 0 Å². The van der Waals surface area contributed by atoms with Gasteiger partial charge in [0.2, 0.25) is 0 Å². The van der Waals surface area contributed by atoms with E-state index in [9.17, 15) is 0 Å². The Kier molecular flexibility index (Phi) is 7.43. The van der Waals surface area contributed by atoms with Gasteiger partial charge in [-0.15, -0.1) is 0 Å². The molecule has 0 aliphatic carbocycles. The van der Waals surface area contributed by atoms with Crippen LogP contribution < -0.4 is 0 Å². The van der Waals surface area contributed by atoms with Crippen molar-refractivity contribution in [3.05, 3.63) is 0 Å². The van der Waals surface area contributed by atoms with Crippen LogP contribution in [-0.2, 0) is 34.4 Å². The molecule has 0 aromatic carbocycles. The Morgan fingerprint density at radius 1 is 0.909 bits per heavy atom. The van der Waals surface area contributed by atoms with Gasteiger partial charge in [-0.25, -0.2) is 0 Å². The molecule has 5 heteroatoms. The molecule has 0 aliphatic heterocycles. The molecule has 0 aliphatic rings. The van der Waals surface area contributed by atoms with Gasteiger partial charge in [-0.05, 0) is 0 Å². The quantitative estimate of drug-likeness (QED) is 0.488. The summed E-state index contributed by atoms with van der Waals surface area (Å²) in [6.07, 6.45) is -0.307. The van der Waals surface area contributed by atoms with Gasteiger partial charge in [0.05, 0.1) is 0 Å². The zero-order valence-electron chi connectivity index (χ0n) is 7.49. The molecule has 0 saturated carbocycles. The maximum atomic E-state index is 5.23. The molecule has 0 aromatic rings. The molecule has 64 valence electrons. The van der Waals surface area contributed by atoms with Crippen molar-refractivity contribution in [2.45, 2.75) is 26.4 Å². The molecule has 0 heterocycles. The molecule has 0 amide bonds. The van der Waals surface area contributed by atoms with Crippen molar-refractivity contribution in [1.82, 2.24) is 0 Å². The first-order chi connectivity index (χ1) is 5.20. The normalized spacial score (nSPS) is 15.6. The molecule has 4 nitrogen and oxygen atoms in total. The maximum absolute atomic E-state index is 5.23. The Hall–Kier alpha value is 0.463. The summed E-state index contributed by atoms with van der Waals surface area (Å²) in [6.45, 7) is 3.68. The number of ether oxygens (including phenoxy) is 2. The summed E-state index contributed by atoms with van der Waals surface area (Å²) in [5, 5.41) is 0. The first-order valence-electron chi connectivity index (χ1n) is 3.49. The van der Waals surface area contributed by atoms with Crippen LogP contribution in [0.1, 0.15) is 13.8 Å². The average Bonchev–Trinajstić information content (AvgIpc) is 2.04. The van der Waals surface area contributed by atoms with E-state index in [2.05, 4.69) is 0 Å². The molecule has 0 radical (unpaired) electrons. The molecule has 0 aromatic heterocycles. The van der Waals surface area contributed by atoms with E-state index in [1.165, 1.54) is 0 Å². The molecule has 0 fully saturated rings. The van der Waals surface area contributed by atoms with Crippen LogP contribution in [-0.4, -0.2) is 26.8 Å². The van der Waals surface area contributed by atoms with Crippen molar-refractivity contribution in [2.24, 2.45) is 0 Å². The van der Waals surface area contributed by atoms with Crippen molar-refractivity contribution in [3.63, 3.8) is 0 Å². The van der Waals surface area contributed by atoms with Crippen LogP contribution in [0.3, 0.4) is 0 Å². The molecule has 2 unspecified atom stereocenters. The van der Waals surface area contributed by atoms with Crippen LogP contribution in [0.5, 0.6) is 0 Å². The summed E-state index contributed by atoms with van der Waals surface area (Å²) in [4.78, 5) is 0. The fourth-order valence-electron chi connectivity index (χ4n) is 0.367. The van der Waals surface area contributed by atoms with Crippen molar-refractivity contribution in [3.8, 4) is 0 Å². The number of rotatable bonds is 6. The van der Waals surface area contributed by atoms with Gasteiger partial charge in [-0.2, -0.15) is 0 Å². The zero-order valence-corrected chi connectivity index (χ0v) is 10.5. The van der Waals surface area contributed by atoms with Gasteiger partial charge in [-0.1, -0.05) is 0 Å². The summed E-state index contributed by atoms with van der Waals surface area (Å²) in [7, 11) is 3.21. The van der Waals surface area contributed by atoms with Crippen LogP contribution in [0, 0.1) is 0 Å². The standard InChI is InChI=1S/2C3H7O2.Zn/c2*1-3(4)5-2;/h2*3H,1-2H3;/q2*-1;+2. The number of hydrogen-bond donors (Lipinski definition) is 0. The third kappa shape index (κ3) is 6.85. The van der Waals surface area contributed by atoms with E-state index in [1.807, 2.05) is 13.8 Å². The summed E-state index contributed by atoms with van der Waals surface area (Å²) in [5.74, 6) is 0. The van der Waals surface area contributed by atoms with E-state index in [0.717, 1.165) is 0 Å². The minimum atomic E-state index is -1.35. The molecule has 0 rings (SSSR count). The Morgan fingerprint density at radius 3 is 1.55 bits per heavy atom. The first kappa shape index (κ1) is 11.5. The van der Waals surface area contributed by atoms with Crippen LogP contribution in [0.25, 0.3) is 0 Å². The van der Waals surface area contributed by atoms with Crippen molar-refractivity contribution in [1.29, 1.82) is 0 Å². The Morgan fingerprint density at radius 2 is 1.27 bits per heavy atom. The van der Waals surface area contributed by atoms with Crippen LogP contribution in [0.15, 0.2) is 0 Å². The monoisotopic (exact) mass is 214 g/mol. The molecule has 0 saturated heterocycles. The molecule has 0 spiro atoms. The summed E-state index contributed by atoms with van der Waals surface area (Å²) in [5.41, 5.74) is 0. The molecular formula is C6H14O4Zn. The number of hydrogen-bond acceptors (Lipinski definition) is 4. The summed E-state index contributed by atoms with van der Waals surface area (Å²) in [6, 6.07) is 0. The van der Waals surface area contributed by atoms with E-state index in [0.29, 0.717) is 0 Å². The van der Waals surface area contributed by atoms with Gasteiger partial charge in [0, 0.05) is 0 Å². The van der Waals surface area contributed by atoms with Crippen LogP contribution in [0.2, 0.25) is 0 Å². The Bertz CT molecular complexity index is 80.7. The predicted molar refractivity (Wildman–Crippen MR) is 35.1 cm³/mol. The predicted octanol–water partition coefficient (Wildman–Crippen LogP) is 0.917. The molecule has 11 heavy (non-hydrogen) atoms. The second kappa shape index (κ2) is 7.13. The molecule has 0 N–H and O–H groups in total. The van der Waals surface area contributed by atoms with Gasteiger partial charge >= 0.3 is 75.1 Å². The van der Waals surface area contributed by atoms with E-state index in [-0.39, 0.29) is 12.6 Å². The summed E-state index contributed by atoms with van der Waals surface area (Å²) < 4.78 is 20.2. The SMILES string of the molecule is COC(C)[O][Zn][O]C(C)OC. The van der Waals surface area contributed by atoms with Crippen LogP contribution >= 0.6 is 0 Å². The topological polar surface area (TPSA) is 36.9 Å². The zero-order chi connectivity index (χ0) is 8.69. The first-order valence-corrected chi connectivity index (χ1v) is 5.91. The third-order valence-electron chi connectivity index (χ3n) is 1.27. The van der Waals surface area contributed by atoms with Crippen molar-refractivity contribution < 1.29 is 34.4 Å². The van der Waals surface area contributed by atoms with Gasteiger partial charge in [-0.3, -0.25) is 0 Å².